The Morgan fingerprint density at radius 2 is 1.75 bits per heavy atom. The van der Waals surface area contributed by atoms with Gasteiger partial charge in [0, 0.05) is 22.8 Å². The molecule has 1 nitrogen and oxygen atoms in total. The second-order valence-corrected chi connectivity index (χ2v) is 4.70. The van der Waals surface area contributed by atoms with Crippen LogP contribution in [0.1, 0.15) is 5.56 Å². The molecule has 2 aromatic carbocycles. The first-order valence-corrected chi connectivity index (χ1v) is 6.30. The number of hydrogen-bond acceptors (Lipinski definition) is 1. The first kappa shape index (κ1) is 14.5. The van der Waals surface area contributed by atoms with Gasteiger partial charge in [0.2, 0.25) is 0 Å². The van der Waals surface area contributed by atoms with Crippen molar-refractivity contribution in [2.45, 2.75) is 0 Å². The summed E-state index contributed by atoms with van der Waals surface area (Å²) in [5.74, 6) is -1.44. The average molecular weight is 310 g/mol. The van der Waals surface area contributed by atoms with Crippen LogP contribution in [-0.2, 0) is 0 Å². The SMILES string of the molecule is N#C/C=C\c1ccc(Cl)c(-c2cccc(Cl)c2F)c1F. The molecule has 0 aliphatic heterocycles. The second-order valence-electron chi connectivity index (χ2n) is 3.89. The van der Waals surface area contributed by atoms with Gasteiger partial charge < -0.3 is 0 Å². The van der Waals surface area contributed by atoms with Crippen molar-refractivity contribution in [1.29, 1.82) is 5.26 Å². The third-order valence-corrected chi connectivity index (χ3v) is 3.29. The Balaban J connectivity index is 2.71. The van der Waals surface area contributed by atoms with Gasteiger partial charge in [-0.05, 0) is 18.2 Å². The lowest BCUT2D eigenvalue weighted by atomic mass is 10.0. The largest absolute Gasteiger partial charge is 0.206 e. The molecule has 0 heterocycles. The Kier molecular flexibility index (Phi) is 4.39. The predicted molar refractivity (Wildman–Crippen MR) is 76.5 cm³/mol. The van der Waals surface area contributed by atoms with Crippen molar-refractivity contribution in [3.63, 3.8) is 0 Å². The predicted octanol–water partition coefficient (Wildman–Crippen LogP) is 5.48. The van der Waals surface area contributed by atoms with E-state index in [4.69, 9.17) is 28.5 Å². The fourth-order valence-electron chi connectivity index (χ4n) is 1.77. The van der Waals surface area contributed by atoms with E-state index in [1.54, 1.807) is 6.07 Å². The van der Waals surface area contributed by atoms with Gasteiger partial charge in [0.1, 0.15) is 11.6 Å². The summed E-state index contributed by atoms with van der Waals surface area (Å²) in [5.41, 5.74) is 0.0456. The summed E-state index contributed by atoms with van der Waals surface area (Å²) in [7, 11) is 0. The van der Waals surface area contributed by atoms with Crippen LogP contribution in [-0.4, -0.2) is 0 Å². The molecule has 2 rings (SSSR count). The molecule has 0 spiro atoms. The second kappa shape index (κ2) is 6.04. The van der Waals surface area contributed by atoms with Gasteiger partial charge in [0.15, 0.2) is 0 Å². The van der Waals surface area contributed by atoms with Crippen LogP contribution >= 0.6 is 23.2 Å². The molecule has 0 bridgehead atoms. The van der Waals surface area contributed by atoms with E-state index in [1.807, 2.05) is 0 Å². The fraction of sp³-hybridized carbons (Fsp3) is 0. The lowest BCUT2D eigenvalue weighted by Gasteiger charge is -2.10. The van der Waals surface area contributed by atoms with E-state index in [9.17, 15) is 8.78 Å². The zero-order chi connectivity index (χ0) is 14.7. The van der Waals surface area contributed by atoms with Gasteiger partial charge >= 0.3 is 0 Å². The molecule has 2 aromatic rings. The van der Waals surface area contributed by atoms with E-state index in [0.29, 0.717) is 0 Å². The van der Waals surface area contributed by atoms with Gasteiger partial charge in [-0.25, -0.2) is 8.78 Å². The summed E-state index contributed by atoms with van der Waals surface area (Å²) in [5, 5.41) is 8.43. The van der Waals surface area contributed by atoms with E-state index in [0.717, 1.165) is 6.08 Å². The molecule has 0 saturated carbocycles. The van der Waals surface area contributed by atoms with Crippen molar-refractivity contribution >= 4 is 29.3 Å². The van der Waals surface area contributed by atoms with Gasteiger partial charge in [0.25, 0.3) is 0 Å². The monoisotopic (exact) mass is 309 g/mol. The molecule has 0 unspecified atom stereocenters. The van der Waals surface area contributed by atoms with Crippen molar-refractivity contribution in [1.82, 2.24) is 0 Å². The van der Waals surface area contributed by atoms with Gasteiger partial charge in [-0.1, -0.05) is 41.4 Å². The summed E-state index contributed by atoms with van der Waals surface area (Å²) in [4.78, 5) is 0. The van der Waals surface area contributed by atoms with Crippen molar-refractivity contribution in [3.8, 4) is 17.2 Å². The molecule has 0 aliphatic rings. The molecule has 0 radical (unpaired) electrons. The van der Waals surface area contributed by atoms with E-state index in [2.05, 4.69) is 0 Å². The van der Waals surface area contributed by atoms with Crippen molar-refractivity contribution in [3.05, 3.63) is 63.7 Å². The zero-order valence-corrected chi connectivity index (χ0v) is 11.5. The molecule has 0 saturated heterocycles. The van der Waals surface area contributed by atoms with Crippen LogP contribution in [0.15, 0.2) is 36.4 Å². The first-order chi connectivity index (χ1) is 9.56. The Morgan fingerprint density at radius 3 is 2.45 bits per heavy atom. The fourth-order valence-corrected chi connectivity index (χ4v) is 2.19. The molecular weight excluding hydrogens is 303 g/mol. The highest BCUT2D eigenvalue weighted by Gasteiger charge is 2.17. The lowest BCUT2D eigenvalue weighted by molar-refractivity contribution is 0.615. The minimum absolute atomic E-state index is 0.0211. The Labute approximate surface area is 124 Å². The minimum Gasteiger partial charge on any atom is -0.206 e. The van der Waals surface area contributed by atoms with Crippen LogP contribution in [0.3, 0.4) is 0 Å². The molecule has 0 N–H and O–H groups in total. The first-order valence-electron chi connectivity index (χ1n) is 5.54. The Bertz CT molecular complexity index is 733. The highest BCUT2D eigenvalue weighted by Crippen LogP contribution is 2.36. The third kappa shape index (κ3) is 2.67. The van der Waals surface area contributed by atoms with Crippen LogP contribution in [0.4, 0.5) is 8.78 Å². The number of rotatable bonds is 2. The van der Waals surface area contributed by atoms with Crippen LogP contribution < -0.4 is 0 Å². The van der Waals surface area contributed by atoms with E-state index >= 15 is 0 Å². The van der Waals surface area contributed by atoms with Crippen LogP contribution in [0.2, 0.25) is 10.0 Å². The summed E-state index contributed by atoms with van der Waals surface area (Å²) in [6.07, 6.45) is 2.42. The molecule has 0 amide bonds. The number of allylic oxidation sites excluding steroid dienone is 1. The topological polar surface area (TPSA) is 23.8 Å². The summed E-state index contributed by atoms with van der Waals surface area (Å²) < 4.78 is 28.4. The van der Waals surface area contributed by atoms with Crippen LogP contribution in [0.5, 0.6) is 0 Å². The maximum atomic E-state index is 14.4. The molecule has 5 heteroatoms. The van der Waals surface area contributed by atoms with Gasteiger partial charge in [-0.15, -0.1) is 0 Å². The van der Waals surface area contributed by atoms with E-state index < -0.39 is 11.6 Å². The number of benzene rings is 2. The highest BCUT2D eigenvalue weighted by molar-refractivity contribution is 6.34. The Hall–Kier alpha value is -1.89. The normalized spacial score (nSPS) is 10.8. The molecule has 100 valence electrons. The van der Waals surface area contributed by atoms with E-state index in [-0.39, 0.29) is 26.7 Å². The van der Waals surface area contributed by atoms with Crippen LogP contribution in [0, 0.1) is 23.0 Å². The molecule has 0 fully saturated rings. The van der Waals surface area contributed by atoms with Crippen molar-refractivity contribution in [2.24, 2.45) is 0 Å². The van der Waals surface area contributed by atoms with Crippen molar-refractivity contribution in [2.75, 3.05) is 0 Å². The minimum atomic E-state index is -0.739. The smallest absolute Gasteiger partial charge is 0.149 e. The highest BCUT2D eigenvalue weighted by atomic mass is 35.5. The number of halogens is 4. The number of nitrogens with zero attached hydrogens (tertiary/aromatic N) is 1. The van der Waals surface area contributed by atoms with Gasteiger partial charge in [0.05, 0.1) is 16.1 Å². The summed E-state index contributed by atoms with van der Waals surface area (Å²) in [6, 6.07) is 8.89. The Morgan fingerprint density at radius 1 is 1.00 bits per heavy atom. The average Bonchev–Trinajstić information content (AvgIpc) is 2.43. The molecule has 0 atom stereocenters. The van der Waals surface area contributed by atoms with Crippen LogP contribution in [0.25, 0.3) is 17.2 Å². The quantitative estimate of drug-likeness (QED) is 0.674. The molecule has 20 heavy (non-hydrogen) atoms. The maximum Gasteiger partial charge on any atom is 0.149 e. The standard InChI is InChI=1S/C15H7Cl2F2N/c16-11-7-6-9(3-2-8-20)14(18)13(11)10-4-1-5-12(17)15(10)19/h1-7H/b3-2-. The molecule has 0 aliphatic carbocycles. The summed E-state index contributed by atoms with van der Waals surface area (Å²) in [6.45, 7) is 0. The maximum absolute atomic E-state index is 14.4. The van der Waals surface area contributed by atoms with Gasteiger partial charge in [-0.2, -0.15) is 5.26 Å². The zero-order valence-electron chi connectivity index (χ0n) is 10.0. The van der Waals surface area contributed by atoms with Crippen molar-refractivity contribution < 1.29 is 8.78 Å². The summed E-state index contributed by atoms with van der Waals surface area (Å²) >= 11 is 11.6. The number of hydrogen-bond donors (Lipinski definition) is 0. The molecule has 0 aromatic heterocycles. The van der Waals surface area contributed by atoms with E-state index in [1.165, 1.54) is 36.4 Å². The molecular formula is C15H7Cl2F2N. The number of nitriles is 1. The lowest BCUT2D eigenvalue weighted by Crippen LogP contribution is -1.93. The van der Waals surface area contributed by atoms with Gasteiger partial charge in [-0.3, -0.25) is 0 Å². The third-order valence-electron chi connectivity index (χ3n) is 2.68.